The molecule has 0 spiro atoms. The van der Waals surface area contributed by atoms with Crippen molar-refractivity contribution in [1.82, 2.24) is 4.57 Å². The van der Waals surface area contributed by atoms with Crippen LogP contribution in [-0.4, -0.2) is 4.57 Å². The normalized spacial score (nSPS) is 15.2. The van der Waals surface area contributed by atoms with Gasteiger partial charge < -0.3 is 4.57 Å². The molecule has 0 atom stereocenters. The van der Waals surface area contributed by atoms with E-state index in [1.807, 2.05) is 18.2 Å². The van der Waals surface area contributed by atoms with Gasteiger partial charge in [-0.05, 0) is 37.0 Å². The average Bonchev–Trinajstić information content (AvgIpc) is 2.36. The predicted octanol–water partition coefficient (Wildman–Crippen LogP) is 3.44. The molecule has 1 saturated carbocycles. The highest BCUT2D eigenvalue weighted by Crippen LogP contribution is 2.29. The summed E-state index contributed by atoms with van der Waals surface area (Å²) in [6.45, 7) is 0.896. The number of nitrogens with zero attached hydrogens (tertiary/aromatic N) is 2. The standard InChI is InChI=1S/C15H13BrN2O/c16-12-4-5-14-13(6-12)15(19)11(7-17)9-18(14)8-10-2-1-3-10/h4-6,9-10H,1-3,8H2. The van der Waals surface area contributed by atoms with E-state index in [2.05, 4.69) is 20.5 Å². The third-order valence-corrected chi connectivity index (χ3v) is 4.34. The fourth-order valence-electron chi connectivity index (χ4n) is 2.55. The zero-order chi connectivity index (χ0) is 13.4. The molecule has 0 saturated heterocycles. The van der Waals surface area contributed by atoms with Crippen LogP contribution in [0.5, 0.6) is 0 Å². The molecule has 0 radical (unpaired) electrons. The number of hydrogen-bond acceptors (Lipinski definition) is 2. The lowest BCUT2D eigenvalue weighted by atomic mass is 9.85. The molecule has 0 bridgehead atoms. The van der Waals surface area contributed by atoms with Crippen LogP contribution in [0.15, 0.2) is 33.7 Å². The van der Waals surface area contributed by atoms with E-state index in [1.54, 1.807) is 12.3 Å². The Hall–Kier alpha value is -1.60. The van der Waals surface area contributed by atoms with E-state index in [1.165, 1.54) is 19.3 Å². The zero-order valence-corrected chi connectivity index (χ0v) is 12.0. The van der Waals surface area contributed by atoms with E-state index in [4.69, 9.17) is 5.26 Å². The van der Waals surface area contributed by atoms with Crippen molar-refractivity contribution in [3.8, 4) is 6.07 Å². The first-order valence-corrected chi connectivity index (χ1v) is 7.21. The van der Waals surface area contributed by atoms with Gasteiger partial charge in [-0.15, -0.1) is 0 Å². The third-order valence-electron chi connectivity index (χ3n) is 3.84. The molecular formula is C15H13BrN2O. The third kappa shape index (κ3) is 2.19. The van der Waals surface area contributed by atoms with Crippen LogP contribution in [0.4, 0.5) is 0 Å². The summed E-state index contributed by atoms with van der Waals surface area (Å²) in [5, 5.41) is 9.72. The van der Waals surface area contributed by atoms with Crippen molar-refractivity contribution < 1.29 is 0 Å². The van der Waals surface area contributed by atoms with Gasteiger partial charge in [0, 0.05) is 22.6 Å². The van der Waals surface area contributed by atoms with Gasteiger partial charge in [-0.2, -0.15) is 5.26 Å². The number of halogens is 1. The molecule has 1 aromatic heterocycles. The van der Waals surface area contributed by atoms with Crippen molar-refractivity contribution in [3.63, 3.8) is 0 Å². The lowest BCUT2D eigenvalue weighted by Gasteiger charge is -2.27. The van der Waals surface area contributed by atoms with E-state index in [9.17, 15) is 4.79 Å². The maximum Gasteiger partial charge on any atom is 0.207 e. The smallest absolute Gasteiger partial charge is 0.207 e. The Labute approximate surface area is 119 Å². The van der Waals surface area contributed by atoms with E-state index in [0.29, 0.717) is 11.3 Å². The summed E-state index contributed by atoms with van der Waals surface area (Å²) in [7, 11) is 0. The second-order valence-electron chi connectivity index (χ2n) is 5.09. The van der Waals surface area contributed by atoms with E-state index in [-0.39, 0.29) is 11.0 Å². The number of aromatic nitrogens is 1. The van der Waals surface area contributed by atoms with Crippen LogP contribution < -0.4 is 5.43 Å². The predicted molar refractivity (Wildman–Crippen MR) is 78.0 cm³/mol. The van der Waals surface area contributed by atoms with Gasteiger partial charge in [0.25, 0.3) is 0 Å². The lowest BCUT2D eigenvalue weighted by Crippen LogP contribution is -2.21. The lowest BCUT2D eigenvalue weighted by molar-refractivity contribution is 0.279. The highest BCUT2D eigenvalue weighted by atomic mass is 79.9. The molecule has 1 aliphatic carbocycles. The van der Waals surface area contributed by atoms with Crippen LogP contribution in [-0.2, 0) is 6.54 Å². The molecule has 1 fully saturated rings. The highest BCUT2D eigenvalue weighted by molar-refractivity contribution is 9.10. The monoisotopic (exact) mass is 316 g/mol. The van der Waals surface area contributed by atoms with Crippen LogP contribution in [0.25, 0.3) is 10.9 Å². The maximum atomic E-state index is 12.2. The van der Waals surface area contributed by atoms with Crippen LogP contribution >= 0.6 is 15.9 Å². The molecule has 3 rings (SSSR count). The first-order chi connectivity index (χ1) is 9.19. The van der Waals surface area contributed by atoms with Crippen molar-refractivity contribution in [2.45, 2.75) is 25.8 Å². The molecule has 0 amide bonds. The molecule has 0 unspecified atom stereocenters. The number of fused-ring (bicyclic) bond motifs is 1. The summed E-state index contributed by atoms with van der Waals surface area (Å²) in [4.78, 5) is 12.2. The molecule has 3 nitrogen and oxygen atoms in total. The number of rotatable bonds is 2. The maximum absolute atomic E-state index is 12.2. The first kappa shape index (κ1) is 12.4. The van der Waals surface area contributed by atoms with Gasteiger partial charge in [-0.1, -0.05) is 22.4 Å². The van der Waals surface area contributed by atoms with Gasteiger partial charge >= 0.3 is 0 Å². The second-order valence-corrected chi connectivity index (χ2v) is 6.01. The van der Waals surface area contributed by atoms with Crippen LogP contribution in [0, 0.1) is 17.2 Å². The number of hydrogen-bond donors (Lipinski definition) is 0. The minimum absolute atomic E-state index is 0.177. The fourth-order valence-corrected chi connectivity index (χ4v) is 2.91. The van der Waals surface area contributed by atoms with E-state index >= 15 is 0 Å². The SMILES string of the molecule is N#Cc1cn(CC2CCC2)c2ccc(Br)cc2c1=O. The van der Waals surface area contributed by atoms with Crippen LogP contribution in [0.2, 0.25) is 0 Å². The first-order valence-electron chi connectivity index (χ1n) is 6.42. The molecule has 1 heterocycles. The Kier molecular flexibility index (Phi) is 3.16. The van der Waals surface area contributed by atoms with Crippen molar-refractivity contribution in [2.24, 2.45) is 5.92 Å². The van der Waals surface area contributed by atoms with Gasteiger partial charge in [0.2, 0.25) is 5.43 Å². The van der Waals surface area contributed by atoms with E-state index in [0.717, 1.165) is 16.5 Å². The van der Waals surface area contributed by atoms with Gasteiger partial charge in [-0.3, -0.25) is 4.79 Å². The fraction of sp³-hybridized carbons (Fsp3) is 0.333. The van der Waals surface area contributed by atoms with Crippen LogP contribution in [0.1, 0.15) is 24.8 Å². The molecule has 0 N–H and O–H groups in total. The second kappa shape index (κ2) is 4.82. The summed E-state index contributed by atoms with van der Waals surface area (Å²) in [5.74, 6) is 0.681. The Morgan fingerprint density at radius 2 is 2.21 bits per heavy atom. The summed E-state index contributed by atoms with van der Waals surface area (Å²) in [5.41, 5.74) is 0.965. The molecule has 1 aromatic carbocycles. The minimum atomic E-state index is -0.177. The molecule has 2 aromatic rings. The number of pyridine rings is 1. The highest BCUT2D eigenvalue weighted by Gasteiger charge is 2.19. The Balaban J connectivity index is 2.22. The van der Waals surface area contributed by atoms with Gasteiger partial charge in [-0.25, -0.2) is 0 Å². The van der Waals surface area contributed by atoms with Gasteiger partial charge in [0.05, 0.1) is 5.52 Å². The van der Waals surface area contributed by atoms with Crippen LogP contribution in [0.3, 0.4) is 0 Å². The Morgan fingerprint density at radius 1 is 1.42 bits per heavy atom. The quantitative estimate of drug-likeness (QED) is 0.852. The molecule has 0 aliphatic heterocycles. The summed E-state index contributed by atoms with van der Waals surface area (Å²) < 4.78 is 2.92. The van der Waals surface area contributed by atoms with Crippen molar-refractivity contribution >= 4 is 26.8 Å². The summed E-state index contributed by atoms with van der Waals surface area (Å²) in [6.07, 6.45) is 5.48. The number of benzene rings is 1. The zero-order valence-electron chi connectivity index (χ0n) is 10.4. The molecule has 1 aliphatic rings. The van der Waals surface area contributed by atoms with E-state index < -0.39 is 0 Å². The average molecular weight is 317 g/mol. The molecule has 4 heteroatoms. The Morgan fingerprint density at radius 3 is 2.84 bits per heavy atom. The minimum Gasteiger partial charge on any atom is -0.346 e. The molecule has 19 heavy (non-hydrogen) atoms. The van der Waals surface area contributed by atoms with Gasteiger partial charge in [0.15, 0.2) is 0 Å². The largest absolute Gasteiger partial charge is 0.346 e. The van der Waals surface area contributed by atoms with Gasteiger partial charge in [0.1, 0.15) is 11.6 Å². The molecule has 96 valence electrons. The molecular weight excluding hydrogens is 304 g/mol. The number of nitriles is 1. The summed E-state index contributed by atoms with van der Waals surface area (Å²) >= 11 is 3.38. The topological polar surface area (TPSA) is 45.8 Å². The summed E-state index contributed by atoms with van der Waals surface area (Å²) in [6, 6.07) is 7.69. The van der Waals surface area contributed by atoms with Crippen molar-refractivity contribution in [2.75, 3.05) is 0 Å². The Bertz CT molecular complexity index is 738. The van der Waals surface area contributed by atoms with Crippen molar-refractivity contribution in [1.29, 1.82) is 5.26 Å². The van der Waals surface area contributed by atoms with Crippen molar-refractivity contribution in [3.05, 3.63) is 44.7 Å².